The number of aryl methyl sites for hydroxylation is 1. The molecule has 0 atom stereocenters. The SMILES string of the molecule is Cc1cnc(C(=O)Nc2ccnn2C2CCCCC2)cn1. The Balaban J connectivity index is 1.74. The third kappa shape index (κ3) is 3.09. The standard InChI is InChI=1S/C15H19N5O/c1-11-9-17-13(10-16-11)15(21)19-14-7-8-18-20(14)12-5-3-2-4-6-12/h7-10,12H,2-6H2,1H3,(H,19,21). The van der Waals surface area contributed by atoms with E-state index < -0.39 is 0 Å². The summed E-state index contributed by atoms with van der Waals surface area (Å²) in [7, 11) is 0. The molecular formula is C15H19N5O. The number of nitrogens with one attached hydrogen (secondary N) is 1. The maximum absolute atomic E-state index is 12.2. The van der Waals surface area contributed by atoms with E-state index in [0.717, 1.165) is 24.4 Å². The molecule has 1 saturated carbocycles. The second kappa shape index (κ2) is 6.03. The molecule has 2 heterocycles. The van der Waals surface area contributed by atoms with E-state index in [0.29, 0.717) is 11.7 Å². The number of carbonyl (C=O) groups is 1. The van der Waals surface area contributed by atoms with E-state index >= 15 is 0 Å². The first-order valence-corrected chi connectivity index (χ1v) is 7.37. The number of rotatable bonds is 3. The third-order valence-electron chi connectivity index (χ3n) is 3.85. The van der Waals surface area contributed by atoms with Crippen LogP contribution >= 0.6 is 0 Å². The molecule has 1 amide bonds. The van der Waals surface area contributed by atoms with Crippen molar-refractivity contribution in [1.29, 1.82) is 0 Å². The van der Waals surface area contributed by atoms with Gasteiger partial charge in [-0.3, -0.25) is 9.78 Å². The fraction of sp³-hybridized carbons (Fsp3) is 0.467. The van der Waals surface area contributed by atoms with Gasteiger partial charge in [-0.15, -0.1) is 0 Å². The average Bonchev–Trinajstić information content (AvgIpc) is 2.97. The van der Waals surface area contributed by atoms with Gasteiger partial charge >= 0.3 is 0 Å². The summed E-state index contributed by atoms with van der Waals surface area (Å²) in [5, 5.41) is 7.25. The predicted molar refractivity (Wildman–Crippen MR) is 79.1 cm³/mol. The topological polar surface area (TPSA) is 72.7 Å². The van der Waals surface area contributed by atoms with Gasteiger partial charge in [0.05, 0.1) is 24.1 Å². The lowest BCUT2D eigenvalue weighted by atomic mass is 9.96. The van der Waals surface area contributed by atoms with Gasteiger partial charge in [-0.2, -0.15) is 5.10 Å². The van der Waals surface area contributed by atoms with E-state index in [2.05, 4.69) is 20.4 Å². The molecule has 2 aromatic heterocycles. The molecule has 21 heavy (non-hydrogen) atoms. The number of anilines is 1. The molecule has 110 valence electrons. The molecule has 1 N–H and O–H groups in total. The van der Waals surface area contributed by atoms with Crippen molar-refractivity contribution < 1.29 is 4.79 Å². The molecule has 0 radical (unpaired) electrons. The predicted octanol–water partition coefficient (Wildman–Crippen LogP) is 2.74. The first kappa shape index (κ1) is 13.7. The third-order valence-corrected chi connectivity index (χ3v) is 3.85. The zero-order chi connectivity index (χ0) is 14.7. The number of carbonyl (C=O) groups excluding carboxylic acids is 1. The molecule has 0 spiro atoms. The van der Waals surface area contributed by atoms with Gasteiger partial charge in [-0.25, -0.2) is 9.67 Å². The minimum Gasteiger partial charge on any atom is -0.305 e. The molecule has 0 aromatic carbocycles. The summed E-state index contributed by atoms with van der Waals surface area (Å²) in [6.45, 7) is 1.84. The second-order valence-corrected chi connectivity index (χ2v) is 5.45. The summed E-state index contributed by atoms with van der Waals surface area (Å²) in [5.74, 6) is 0.481. The first-order chi connectivity index (χ1) is 10.2. The Morgan fingerprint density at radius 1 is 1.24 bits per heavy atom. The quantitative estimate of drug-likeness (QED) is 0.941. The molecule has 2 aromatic rings. The molecule has 0 bridgehead atoms. The van der Waals surface area contributed by atoms with Gasteiger partial charge in [-0.05, 0) is 19.8 Å². The Kier molecular flexibility index (Phi) is 3.94. The van der Waals surface area contributed by atoms with Crippen LogP contribution in [0.15, 0.2) is 24.7 Å². The van der Waals surface area contributed by atoms with E-state index in [9.17, 15) is 4.79 Å². The van der Waals surface area contributed by atoms with E-state index in [1.165, 1.54) is 25.5 Å². The Morgan fingerprint density at radius 3 is 2.76 bits per heavy atom. The Morgan fingerprint density at radius 2 is 2.05 bits per heavy atom. The smallest absolute Gasteiger partial charge is 0.277 e. The average molecular weight is 285 g/mol. The summed E-state index contributed by atoms with van der Waals surface area (Å²) in [4.78, 5) is 20.4. The van der Waals surface area contributed by atoms with Crippen LogP contribution in [-0.2, 0) is 0 Å². The molecule has 1 aliphatic carbocycles. The zero-order valence-electron chi connectivity index (χ0n) is 12.1. The number of amides is 1. The van der Waals surface area contributed by atoms with Crippen LogP contribution in [-0.4, -0.2) is 25.7 Å². The zero-order valence-corrected chi connectivity index (χ0v) is 12.1. The summed E-state index contributed by atoms with van der Waals surface area (Å²) in [6, 6.07) is 2.21. The fourth-order valence-corrected chi connectivity index (χ4v) is 2.72. The van der Waals surface area contributed by atoms with Crippen molar-refractivity contribution in [3.63, 3.8) is 0 Å². The summed E-state index contributed by atoms with van der Waals surface area (Å²) in [5.41, 5.74) is 1.11. The van der Waals surface area contributed by atoms with Gasteiger partial charge in [0.2, 0.25) is 0 Å². The summed E-state index contributed by atoms with van der Waals surface area (Å²) < 4.78 is 1.93. The monoisotopic (exact) mass is 285 g/mol. The molecule has 0 unspecified atom stereocenters. The Bertz CT molecular complexity index is 613. The highest BCUT2D eigenvalue weighted by Gasteiger charge is 2.19. The lowest BCUT2D eigenvalue weighted by Crippen LogP contribution is -2.21. The van der Waals surface area contributed by atoms with Gasteiger partial charge in [0.25, 0.3) is 5.91 Å². The van der Waals surface area contributed by atoms with Crippen molar-refractivity contribution in [2.24, 2.45) is 0 Å². The minimum absolute atomic E-state index is 0.250. The van der Waals surface area contributed by atoms with Gasteiger partial charge in [0.1, 0.15) is 11.5 Å². The lowest BCUT2D eigenvalue weighted by molar-refractivity contribution is 0.102. The van der Waals surface area contributed by atoms with Crippen LogP contribution in [0, 0.1) is 6.92 Å². The van der Waals surface area contributed by atoms with Crippen LogP contribution in [0.3, 0.4) is 0 Å². The highest BCUT2D eigenvalue weighted by atomic mass is 16.2. The molecule has 1 aliphatic rings. The van der Waals surface area contributed by atoms with E-state index in [1.807, 2.05) is 17.7 Å². The van der Waals surface area contributed by atoms with Crippen molar-refractivity contribution in [3.8, 4) is 0 Å². The number of hydrogen-bond acceptors (Lipinski definition) is 4. The van der Waals surface area contributed by atoms with Crippen LogP contribution in [0.2, 0.25) is 0 Å². The summed E-state index contributed by atoms with van der Waals surface area (Å²) >= 11 is 0. The van der Waals surface area contributed by atoms with Crippen LogP contribution in [0.5, 0.6) is 0 Å². The Labute approximate surface area is 123 Å². The number of nitrogens with zero attached hydrogens (tertiary/aromatic N) is 4. The van der Waals surface area contributed by atoms with E-state index in [-0.39, 0.29) is 5.91 Å². The molecule has 6 heteroatoms. The molecule has 3 rings (SSSR count). The second-order valence-electron chi connectivity index (χ2n) is 5.45. The fourth-order valence-electron chi connectivity index (χ4n) is 2.72. The van der Waals surface area contributed by atoms with Crippen LogP contribution in [0.25, 0.3) is 0 Å². The largest absolute Gasteiger partial charge is 0.305 e. The molecule has 0 saturated heterocycles. The number of aromatic nitrogens is 4. The maximum Gasteiger partial charge on any atom is 0.277 e. The first-order valence-electron chi connectivity index (χ1n) is 7.37. The van der Waals surface area contributed by atoms with Gasteiger partial charge < -0.3 is 5.32 Å². The van der Waals surface area contributed by atoms with Crippen molar-refractivity contribution in [2.45, 2.75) is 45.1 Å². The maximum atomic E-state index is 12.2. The highest BCUT2D eigenvalue weighted by molar-refractivity contribution is 6.02. The van der Waals surface area contributed by atoms with Crippen molar-refractivity contribution in [3.05, 3.63) is 36.0 Å². The van der Waals surface area contributed by atoms with E-state index in [1.54, 1.807) is 12.4 Å². The van der Waals surface area contributed by atoms with Gasteiger partial charge in [0, 0.05) is 12.3 Å². The van der Waals surface area contributed by atoms with Crippen molar-refractivity contribution >= 4 is 11.7 Å². The van der Waals surface area contributed by atoms with Crippen LogP contribution in [0.4, 0.5) is 5.82 Å². The molecule has 1 fully saturated rings. The minimum atomic E-state index is -0.250. The number of hydrogen-bond donors (Lipinski definition) is 1. The lowest BCUT2D eigenvalue weighted by Gasteiger charge is -2.23. The van der Waals surface area contributed by atoms with Crippen molar-refractivity contribution in [1.82, 2.24) is 19.7 Å². The summed E-state index contributed by atoms with van der Waals surface area (Å²) in [6.07, 6.45) is 10.8. The molecule has 0 aliphatic heterocycles. The Hall–Kier alpha value is -2.24. The van der Waals surface area contributed by atoms with Gasteiger partial charge in [0.15, 0.2) is 0 Å². The van der Waals surface area contributed by atoms with Gasteiger partial charge in [-0.1, -0.05) is 19.3 Å². The normalized spacial score (nSPS) is 15.9. The highest BCUT2D eigenvalue weighted by Crippen LogP contribution is 2.29. The van der Waals surface area contributed by atoms with Crippen molar-refractivity contribution in [2.75, 3.05) is 5.32 Å². The molecular weight excluding hydrogens is 266 g/mol. The molecule has 6 nitrogen and oxygen atoms in total. The van der Waals surface area contributed by atoms with Crippen LogP contribution < -0.4 is 5.32 Å². The van der Waals surface area contributed by atoms with E-state index in [4.69, 9.17) is 0 Å². The van der Waals surface area contributed by atoms with Crippen LogP contribution in [0.1, 0.15) is 54.3 Å².